The molecule has 6 heteroatoms. The molecule has 0 aliphatic carbocycles. The van der Waals surface area contributed by atoms with E-state index in [4.69, 9.17) is 14.2 Å². The maximum atomic E-state index is 12.7. The van der Waals surface area contributed by atoms with Crippen LogP contribution in [0.25, 0.3) is 0 Å². The Morgan fingerprint density at radius 1 is 0.382 bits per heavy atom. The molecule has 0 aliphatic rings. The number of carbonyl (C=O) groups excluding carboxylic acids is 3. The maximum Gasteiger partial charge on any atom is 0.306 e. The Morgan fingerprint density at radius 3 is 1.13 bits per heavy atom. The van der Waals surface area contributed by atoms with E-state index in [9.17, 15) is 14.4 Å². The van der Waals surface area contributed by atoms with E-state index in [1.807, 2.05) is 0 Å². The molecular weight excluding hydrogens is 685 g/mol. The summed E-state index contributed by atoms with van der Waals surface area (Å²) in [7, 11) is 0. The Hall–Kier alpha value is -2.37. The highest BCUT2D eigenvalue weighted by atomic mass is 16.6. The summed E-state index contributed by atoms with van der Waals surface area (Å²) in [5.41, 5.74) is 0. The van der Waals surface area contributed by atoms with Crippen molar-refractivity contribution in [3.63, 3.8) is 0 Å². The summed E-state index contributed by atoms with van der Waals surface area (Å²) in [5.74, 6) is -0.903. The van der Waals surface area contributed by atoms with Gasteiger partial charge in [0.05, 0.1) is 0 Å². The standard InChI is InChI=1S/C49H88O6/c1-4-7-10-13-16-19-21-23-25-27-30-33-36-39-42-48(51)54-45-46(44-53-47(50)41-38-35-32-29-18-15-12-9-6-3)55-49(52)43-40-37-34-31-28-26-24-22-20-17-14-11-8-5-2/h7,10,16,19,26,28,46H,4-6,8-9,11-15,17-18,20-25,27,29-45H2,1-3H3/b10-7-,19-16-,28-26-. The van der Waals surface area contributed by atoms with Gasteiger partial charge in [0.25, 0.3) is 0 Å². The minimum absolute atomic E-state index is 0.0789. The van der Waals surface area contributed by atoms with Crippen LogP contribution in [0.2, 0.25) is 0 Å². The number of carbonyl (C=O) groups is 3. The Morgan fingerprint density at radius 2 is 0.709 bits per heavy atom. The lowest BCUT2D eigenvalue weighted by Gasteiger charge is -2.18. The third-order valence-corrected chi connectivity index (χ3v) is 10.1. The Kier molecular flexibility index (Phi) is 42.4. The molecule has 0 heterocycles. The number of esters is 3. The van der Waals surface area contributed by atoms with Crippen molar-refractivity contribution in [2.75, 3.05) is 13.2 Å². The van der Waals surface area contributed by atoms with Crippen molar-refractivity contribution >= 4 is 17.9 Å². The normalized spacial score (nSPS) is 12.3. The molecule has 0 aromatic carbocycles. The maximum absolute atomic E-state index is 12.7. The van der Waals surface area contributed by atoms with Crippen molar-refractivity contribution in [3.8, 4) is 0 Å². The van der Waals surface area contributed by atoms with E-state index in [0.29, 0.717) is 19.3 Å². The SMILES string of the molecule is CC/C=C\C/C=C\CCCCCCCCCC(=O)OCC(COC(=O)CCCCCCCCCCC)OC(=O)CCCCC/C=C\CCCCCCCCC. The Balaban J connectivity index is 4.37. The molecule has 0 fully saturated rings. The topological polar surface area (TPSA) is 78.9 Å². The lowest BCUT2D eigenvalue weighted by atomic mass is 10.1. The van der Waals surface area contributed by atoms with E-state index >= 15 is 0 Å². The average molecular weight is 773 g/mol. The van der Waals surface area contributed by atoms with E-state index in [2.05, 4.69) is 57.2 Å². The summed E-state index contributed by atoms with van der Waals surface area (Å²) < 4.78 is 16.7. The summed E-state index contributed by atoms with van der Waals surface area (Å²) in [6, 6.07) is 0. The summed E-state index contributed by atoms with van der Waals surface area (Å²) in [4.78, 5) is 37.7. The third kappa shape index (κ3) is 42.6. The molecule has 0 bridgehead atoms. The highest BCUT2D eigenvalue weighted by Crippen LogP contribution is 2.14. The zero-order chi connectivity index (χ0) is 40.1. The lowest BCUT2D eigenvalue weighted by molar-refractivity contribution is -0.167. The van der Waals surface area contributed by atoms with Crippen molar-refractivity contribution in [2.45, 2.75) is 245 Å². The monoisotopic (exact) mass is 773 g/mol. The zero-order valence-corrected chi connectivity index (χ0v) is 36.4. The summed E-state index contributed by atoms with van der Waals surface area (Å²) >= 11 is 0. The molecule has 0 amide bonds. The minimum atomic E-state index is -0.777. The molecule has 1 atom stereocenters. The van der Waals surface area contributed by atoms with E-state index in [0.717, 1.165) is 89.9 Å². The highest BCUT2D eigenvalue weighted by Gasteiger charge is 2.19. The lowest BCUT2D eigenvalue weighted by Crippen LogP contribution is -2.30. The number of allylic oxidation sites excluding steroid dienone is 6. The van der Waals surface area contributed by atoms with Crippen molar-refractivity contribution < 1.29 is 28.6 Å². The van der Waals surface area contributed by atoms with E-state index in [1.54, 1.807) is 0 Å². The first kappa shape index (κ1) is 52.6. The molecule has 0 rings (SSSR count). The van der Waals surface area contributed by atoms with Crippen LogP contribution in [0, 0.1) is 0 Å². The molecular formula is C49H88O6. The van der Waals surface area contributed by atoms with Crippen molar-refractivity contribution in [3.05, 3.63) is 36.5 Å². The smallest absolute Gasteiger partial charge is 0.306 e. The summed E-state index contributed by atoms with van der Waals surface area (Å²) in [6.07, 6.45) is 49.8. The molecule has 0 aromatic heterocycles. The van der Waals surface area contributed by atoms with Crippen LogP contribution in [0.1, 0.15) is 239 Å². The zero-order valence-electron chi connectivity index (χ0n) is 36.4. The highest BCUT2D eigenvalue weighted by molar-refractivity contribution is 5.71. The van der Waals surface area contributed by atoms with Crippen molar-refractivity contribution in [1.29, 1.82) is 0 Å². The van der Waals surface area contributed by atoms with Crippen molar-refractivity contribution in [1.82, 2.24) is 0 Å². The van der Waals surface area contributed by atoms with Gasteiger partial charge < -0.3 is 14.2 Å². The third-order valence-electron chi connectivity index (χ3n) is 10.1. The van der Waals surface area contributed by atoms with Crippen LogP contribution in [0.3, 0.4) is 0 Å². The van der Waals surface area contributed by atoms with Crippen LogP contribution in [0.5, 0.6) is 0 Å². The molecule has 320 valence electrons. The van der Waals surface area contributed by atoms with Crippen LogP contribution >= 0.6 is 0 Å². The molecule has 55 heavy (non-hydrogen) atoms. The van der Waals surface area contributed by atoms with Crippen LogP contribution in [-0.2, 0) is 28.6 Å². The molecule has 6 nitrogen and oxygen atoms in total. The minimum Gasteiger partial charge on any atom is -0.462 e. The van der Waals surface area contributed by atoms with E-state index in [-0.39, 0.29) is 31.1 Å². The van der Waals surface area contributed by atoms with Crippen LogP contribution in [0.4, 0.5) is 0 Å². The van der Waals surface area contributed by atoms with Crippen molar-refractivity contribution in [2.24, 2.45) is 0 Å². The fraction of sp³-hybridized carbons (Fsp3) is 0.816. The second-order valence-corrected chi connectivity index (χ2v) is 15.6. The van der Waals surface area contributed by atoms with Gasteiger partial charge in [0.2, 0.25) is 0 Å². The number of rotatable bonds is 42. The van der Waals surface area contributed by atoms with Gasteiger partial charge in [0, 0.05) is 19.3 Å². The van der Waals surface area contributed by atoms with Gasteiger partial charge in [-0.3, -0.25) is 14.4 Å². The molecule has 0 radical (unpaired) electrons. The molecule has 0 saturated carbocycles. The Labute approximate surface area is 340 Å². The van der Waals surface area contributed by atoms with Gasteiger partial charge in [0.1, 0.15) is 13.2 Å². The largest absolute Gasteiger partial charge is 0.462 e. The first-order chi connectivity index (χ1) is 27.0. The van der Waals surface area contributed by atoms with E-state index in [1.165, 1.54) is 109 Å². The molecule has 0 N–H and O–H groups in total. The number of ether oxygens (including phenoxy) is 3. The molecule has 1 unspecified atom stereocenters. The number of hydrogen-bond acceptors (Lipinski definition) is 6. The first-order valence-electron chi connectivity index (χ1n) is 23.5. The summed E-state index contributed by atoms with van der Waals surface area (Å²) in [6.45, 7) is 6.49. The second kappa shape index (κ2) is 44.3. The fourth-order valence-electron chi connectivity index (χ4n) is 6.59. The second-order valence-electron chi connectivity index (χ2n) is 15.6. The average Bonchev–Trinajstić information content (AvgIpc) is 3.18. The van der Waals surface area contributed by atoms with Gasteiger partial charge in [0.15, 0.2) is 6.10 Å². The van der Waals surface area contributed by atoms with Gasteiger partial charge in [-0.1, -0.05) is 186 Å². The van der Waals surface area contributed by atoms with Crippen LogP contribution in [-0.4, -0.2) is 37.2 Å². The molecule has 0 aliphatic heterocycles. The molecule has 0 aromatic rings. The molecule has 0 saturated heterocycles. The molecule has 0 spiro atoms. The number of hydrogen-bond donors (Lipinski definition) is 0. The fourth-order valence-corrected chi connectivity index (χ4v) is 6.59. The van der Waals surface area contributed by atoms with E-state index < -0.39 is 6.10 Å². The number of unbranched alkanes of at least 4 members (excludes halogenated alkanes) is 25. The summed E-state index contributed by atoms with van der Waals surface area (Å²) in [5, 5.41) is 0. The predicted octanol–water partition coefficient (Wildman–Crippen LogP) is 15.0. The van der Waals surface area contributed by atoms with Gasteiger partial charge in [-0.05, 0) is 70.6 Å². The first-order valence-corrected chi connectivity index (χ1v) is 23.5. The van der Waals surface area contributed by atoms with Gasteiger partial charge in [-0.15, -0.1) is 0 Å². The quantitative estimate of drug-likeness (QED) is 0.0266. The van der Waals surface area contributed by atoms with Gasteiger partial charge >= 0.3 is 17.9 Å². The van der Waals surface area contributed by atoms with Crippen LogP contribution < -0.4 is 0 Å². The predicted molar refractivity (Wildman–Crippen MR) is 233 cm³/mol. The van der Waals surface area contributed by atoms with Gasteiger partial charge in [-0.25, -0.2) is 0 Å². The van der Waals surface area contributed by atoms with Gasteiger partial charge in [-0.2, -0.15) is 0 Å². The van der Waals surface area contributed by atoms with Crippen LogP contribution in [0.15, 0.2) is 36.5 Å². The Bertz CT molecular complexity index is 938.